The summed E-state index contributed by atoms with van der Waals surface area (Å²) < 4.78 is 6.71. The molecule has 0 aliphatic rings. The summed E-state index contributed by atoms with van der Waals surface area (Å²) in [5, 5.41) is 3.92. The van der Waals surface area contributed by atoms with Gasteiger partial charge in [0.15, 0.2) is 0 Å². The lowest BCUT2D eigenvalue weighted by Gasteiger charge is -2.12. The predicted octanol–water partition coefficient (Wildman–Crippen LogP) is 5.10. The molecule has 0 aliphatic carbocycles. The van der Waals surface area contributed by atoms with Crippen molar-refractivity contribution in [2.24, 2.45) is 0 Å². The second-order valence-corrected chi connectivity index (χ2v) is 6.50. The van der Waals surface area contributed by atoms with Crippen molar-refractivity contribution in [3.63, 3.8) is 0 Å². The molecule has 0 unspecified atom stereocenters. The van der Waals surface area contributed by atoms with E-state index in [1.807, 2.05) is 25.3 Å². The Kier molecular flexibility index (Phi) is 5.62. The molecule has 3 nitrogen and oxygen atoms in total. The van der Waals surface area contributed by atoms with Gasteiger partial charge in [-0.15, -0.1) is 0 Å². The van der Waals surface area contributed by atoms with Crippen molar-refractivity contribution in [3.8, 4) is 11.6 Å². The molecule has 2 rings (SSSR count). The summed E-state index contributed by atoms with van der Waals surface area (Å²) in [6.07, 6.45) is 1.82. The highest BCUT2D eigenvalue weighted by molar-refractivity contribution is 9.10. The smallest absolute Gasteiger partial charge is 0.222 e. The van der Waals surface area contributed by atoms with Gasteiger partial charge in [0.2, 0.25) is 5.88 Å². The molecule has 0 amide bonds. The molecule has 2 aromatic rings. The molecule has 0 radical (unpaired) electrons. The van der Waals surface area contributed by atoms with Crippen LogP contribution in [0.25, 0.3) is 0 Å². The van der Waals surface area contributed by atoms with Gasteiger partial charge < -0.3 is 10.1 Å². The number of nitrogens with one attached hydrogen (secondary N) is 1. The maximum absolute atomic E-state index is 6.15. The van der Waals surface area contributed by atoms with E-state index in [-0.39, 0.29) is 0 Å². The van der Waals surface area contributed by atoms with Crippen LogP contribution in [0.2, 0.25) is 5.02 Å². The van der Waals surface area contributed by atoms with E-state index in [0.29, 0.717) is 22.7 Å². The molecule has 0 atom stereocenters. The van der Waals surface area contributed by atoms with Gasteiger partial charge in [0.25, 0.3) is 0 Å². The third kappa shape index (κ3) is 4.70. The molecule has 1 aromatic heterocycles. The molecule has 1 N–H and O–H groups in total. The molecule has 21 heavy (non-hydrogen) atoms. The van der Waals surface area contributed by atoms with Gasteiger partial charge in [-0.05, 0) is 36.8 Å². The Labute approximate surface area is 138 Å². The van der Waals surface area contributed by atoms with E-state index < -0.39 is 0 Å². The Morgan fingerprint density at radius 2 is 2.10 bits per heavy atom. The van der Waals surface area contributed by atoms with Crippen LogP contribution in [0.4, 0.5) is 0 Å². The average molecular weight is 370 g/mol. The van der Waals surface area contributed by atoms with E-state index in [1.165, 1.54) is 0 Å². The number of aryl methyl sites for hydroxylation is 1. The first-order valence-corrected chi connectivity index (χ1v) is 7.94. The SMILES string of the molecule is Cc1cc(CNC(C)C)cnc1Oc1ccc(Br)cc1Cl. The Morgan fingerprint density at radius 3 is 2.71 bits per heavy atom. The van der Waals surface area contributed by atoms with Crippen molar-refractivity contribution in [2.45, 2.75) is 33.4 Å². The van der Waals surface area contributed by atoms with Crippen LogP contribution in [-0.4, -0.2) is 11.0 Å². The molecule has 0 aliphatic heterocycles. The van der Waals surface area contributed by atoms with Crippen LogP contribution in [0.5, 0.6) is 11.6 Å². The summed E-state index contributed by atoms with van der Waals surface area (Å²) in [5.74, 6) is 1.18. The maximum Gasteiger partial charge on any atom is 0.222 e. The van der Waals surface area contributed by atoms with E-state index in [9.17, 15) is 0 Å². The van der Waals surface area contributed by atoms with Gasteiger partial charge in [-0.3, -0.25) is 0 Å². The molecule has 0 spiro atoms. The number of halogens is 2. The summed E-state index contributed by atoms with van der Waals surface area (Å²) in [4.78, 5) is 4.38. The van der Waals surface area contributed by atoms with Gasteiger partial charge in [-0.1, -0.05) is 41.4 Å². The summed E-state index contributed by atoms with van der Waals surface area (Å²) in [6.45, 7) is 7.01. The van der Waals surface area contributed by atoms with Gasteiger partial charge in [-0.2, -0.15) is 0 Å². The highest BCUT2D eigenvalue weighted by atomic mass is 79.9. The summed E-state index contributed by atoms with van der Waals surface area (Å²) in [6, 6.07) is 8.03. The first-order valence-electron chi connectivity index (χ1n) is 6.77. The second kappa shape index (κ2) is 7.25. The zero-order valence-electron chi connectivity index (χ0n) is 12.3. The van der Waals surface area contributed by atoms with Crippen molar-refractivity contribution in [3.05, 3.63) is 51.1 Å². The van der Waals surface area contributed by atoms with Gasteiger partial charge in [0.05, 0.1) is 5.02 Å². The van der Waals surface area contributed by atoms with Gasteiger partial charge in [0, 0.05) is 28.8 Å². The molecule has 0 saturated carbocycles. The minimum Gasteiger partial charge on any atom is -0.437 e. The molecule has 0 saturated heterocycles. The first-order chi connectivity index (χ1) is 9.95. The number of rotatable bonds is 5. The topological polar surface area (TPSA) is 34.2 Å². The van der Waals surface area contributed by atoms with E-state index in [0.717, 1.165) is 22.1 Å². The average Bonchev–Trinajstić information content (AvgIpc) is 2.42. The molecule has 5 heteroatoms. The Bertz CT molecular complexity index is 632. The Morgan fingerprint density at radius 1 is 1.33 bits per heavy atom. The number of nitrogens with zero attached hydrogens (tertiary/aromatic N) is 1. The van der Waals surface area contributed by atoms with Crippen molar-refractivity contribution in [1.29, 1.82) is 0 Å². The first kappa shape index (κ1) is 16.3. The highest BCUT2D eigenvalue weighted by Gasteiger charge is 2.08. The summed E-state index contributed by atoms with van der Waals surface area (Å²) in [7, 11) is 0. The van der Waals surface area contributed by atoms with Crippen LogP contribution in [0.1, 0.15) is 25.0 Å². The van der Waals surface area contributed by atoms with Crippen LogP contribution in [0.15, 0.2) is 34.9 Å². The fraction of sp³-hybridized carbons (Fsp3) is 0.312. The van der Waals surface area contributed by atoms with Crippen LogP contribution in [0, 0.1) is 6.92 Å². The molecule has 1 aromatic carbocycles. The zero-order chi connectivity index (χ0) is 15.4. The standard InChI is InChI=1S/C16H18BrClN2O/c1-10(2)19-8-12-6-11(3)16(20-9-12)21-15-5-4-13(17)7-14(15)18/h4-7,9-10,19H,8H2,1-3H3. The predicted molar refractivity (Wildman–Crippen MR) is 90.2 cm³/mol. The molecule has 1 heterocycles. The normalized spacial score (nSPS) is 11.0. The van der Waals surface area contributed by atoms with Crippen molar-refractivity contribution in [1.82, 2.24) is 10.3 Å². The maximum atomic E-state index is 6.15. The van der Waals surface area contributed by atoms with E-state index in [1.54, 1.807) is 6.07 Å². The van der Waals surface area contributed by atoms with Crippen molar-refractivity contribution < 1.29 is 4.74 Å². The molecule has 0 fully saturated rings. The molecular formula is C16H18BrClN2O. The third-order valence-electron chi connectivity index (χ3n) is 2.90. The fourth-order valence-electron chi connectivity index (χ4n) is 1.81. The quantitative estimate of drug-likeness (QED) is 0.796. The van der Waals surface area contributed by atoms with Crippen LogP contribution in [0.3, 0.4) is 0 Å². The van der Waals surface area contributed by atoms with Gasteiger partial charge >= 0.3 is 0 Å². The number of ether oxygens (including phenoxy) is 1. The van der Waals surface area contributed by atoms with Crippen molar-refractivity contribution >= 4 is 27.5 Å². The van der Waals surface area contributed by atoms with Crippen molar-refractivity contribution in [2.75, 3.05) is 0 Å². The Hall–Kier alpha value is -1.10. The van der Waals surface area contributed by atoms with E-state index in [2.05, 4.69) is 46.1 Å². The second-order valence-electron chi connectivity index (χ2n) is 5.18. The number of hydrogen-bond donors (Lipinski definition) is 1. The van der Waals surface area contributed by atoms with Crippen LogP contribution < -0.4 is 10.1 Å². The Balaban J connectivity index is 2.13. The number of pyridine rings is 1. The lowest BCUT2D eigenvalue weighted by Crippen LogP contribution is -2.21. The number of benzene rings is 1. The van der Waals surface area contributed by atoms with Gasteiger partial charge in [0.1, 0.15) is 5.75 Å². The summed E-state index contributed by atoms with van der Waals surface area (Å²) >= 11 is 9.53. The molecular weight excluding hydrogens is 352 g/mol. The van der Waals surface area contributed by atoms with E-state index >= 15 is 0 Å². The number of aromatic nitrogens is 1. The minimum absolute atomic E-state index is 0.447. The zero-order valence-corrected chi connectivity index (χ0v) is 14.6. The van der Waals surface area contributed by atoms with Crippen LogP contribution >= 0.6 is 27.5 Å². The lowest BCUT2D eigenvalue weighted by atomic mass is 10.2. The monoisotopic (exact) mass is 368 g/mol. The third-order valence-corrected chi connectivity index (χ3v) is 3.69. The highest BCUT2D eigenvalue weighted by Crippen LogP contribution is 2.32. The van der Waals surface area contributed by atoms with E-state index in [4.69, 9.17) is 16.3 Å². The number of hydrogen-bond acceptors (Lipinski definition) is 3. The largest absolute Gasteiger partial charge is 0.437 e. The minimum atomic E-state index is 0.447. The van der Waals surface area contributed by atoms with Gasteiger partial charge in [-0.25, -0.2) is 4.98 Å². The fourth-order valence-corrected chi connectivity index (χ4v) is 2.52. The lowest BCUT2D eigenvalue weighted by molar-refractivity contribution is 0.458. The molecule has 112 valence electrons. The molecule has 0 bridgehead atoms. The van der Waals surface area contributed by atoms with Crippen LogP contribution in [-0.2, 0) is 6.54 Å². The summed E-state index contributed by atoms with van der Waals surface area (Å²) in [5.41, 5.74) is 2.12.